The molecule has 0 unspecified atom stereocenters. The van der Waals surface area contributed by atoms with Crippen molar-refractivity contribution in [3.8, 4) is 33.4 Å². The average Bonchev–Trinajstić information content (AvgIpc) is 0.727. The molecule has 0 aliphatic carbocycles. The molecule has 0 bridgehead atoms. The van der Waals surface area contributed by atoms with Gasteiger partial charge in [0.05, 0.1) is 22.7 Å². The highest BCUT2D eigenvalue weighted by molar-refractivity contribution is 6.31. The van der Waals surface area contributed by atoms with Crippen LogP contribution in [0.3, 0.4) is 0 Å². The number of para-hydroxylation sites is 2. The van der Waals surface area contributed by atoms with Gasteiger partial charge in [-0.15, -0.1) is 0 Å². The minimum absolute atomic E-state index is 1.10. The summed E-state index contributed by atoms with van der Waals surface area (Å²) in [6.07, 6.45) is 0. The van der Waals surface area contributed by atoms with Gasteiger partial charge in [-0.1, -0.05) is 279 Å². The van der Waals surface area contributed by atoms with Crippen molar-refractivity contribution in [3.63, 3.8) is 0 Å². The molecule has 0 atom stereocenters. The molecule has 0 fully saturated rings. The molecule has 0 heterocycles. The molecule has 0 radical (unpaired) electrons. The van der Waals surface area contributed by atoms with Gasteiger partial charge in [-0.3, -0.25) is 0 Å². The summed E-state index contributed by atoms with van der Waals surface area (Å²) in [6, 6.07) is 128. The summed E-state index contributed by atoms with van der Waals surface area (Å²) >= 11 is 0. The third kappa shape index (κ3) is 7.78. The van der Waals surface area contributed by atoms with Crippen LogP contribution in [0, 0.1) is 0 Å². The zero-order chi connectivity index (χ0) is 61.5. The van der Waals surface area contributed by atoms with Crippen LogP contribution in [0.25, 0.3) is 163 Å². The molecule has 0 spiro atoms. The first-order valence-corrected chi connectivity index (χ1v) is 32.6. The van der Waals surface area contributed by atoms with Crippen molar-refractivity contribution >= 4 is 163 Å². The Kier molecular flexibility index (Phi) is 11.5. The molecule has 2 heteroatoms. The first kappa shape index (κ1) is 52.4. The van der Waals surface area contributed by atoms with Crippen LogP contribution in [0.2, 0.25) is 0 Å². The predicted octanol–water partition coefficient (Wildman–Crippen LogP) is 26.3. The van der Waals surface area contributed by atoms with Crippen LogP contribution in [0.15, 0.2) is 340 Å². The summed E-state index contributed by atoms with van der Waals surface area (Å²) in [5.74, 6) is 0. The summed E-state index contributed by atoms with van der Waals surface area (Å²) in [5.41, 5.74) is 13.8. The second-order valence-electron chi connectivity index (χ2n) is 25.3. The Morgan fingerprint density at radius 1 is 0.160 bits per heavy atom. The van der Waals surface area contributed by atoms with Crippen LogP contribution in [0.5, 0.6) is 0 Å². The minimum Gasteiger partial charge on any atom is -0.309 e. The van der Waals surface area contributed by atoms with Crippen molar-refractivity contribution in [3.05, 3.63) is 340 Å². The van der Waals surface area contributed by atoms with E-state index in [-0.39, 0.29) is 0 Å². The van der Waals surface area contributed by atoms with E-state index in [0.717, 1.165) is 50.8 Å². The van der Waals surface area contributed by atoms with Crippen LogP contribution in [0.4, 0.5) is 34.1 Å². The summed E-state index contributed by atoms with van der Waals surface area (Å²) in [4.78, 5) is 5.09. The molecule has 0 aliphatic heterocycles. The lowest BCUT2D eigenvalue weighted by Gasteiger charge is -2.31. The normalized spacial score (nSPS) is 12.0. The lowest BCUT2D eigenvalue weighted by atomic mass is 9.83. The van der Waals surface area contributed by atoms with Gasteiger partial charge < -0.3 is 9.80 Å². The molecular formula is C92H56N2. The van der Waals surface area contributed by atoms with Gasteiger partial charge in [-0.25, -0.2) is 0 Å². The Balaban J connectivity index is 0.890. The monoisotopic (exact) mass is 1190 g/mol. The van der Waals surface area contributed by atoms with Gasteiger partial charge in [0.25, 0.3) is 0 Å². The Morgan fingerprint density at radius 3 is 0.787 bits per heavy atom. The molecule has 0 saturated heterocycles. The van der Waals surface area contributed by atoms with Crippen molar-refractivity contribution in [2.24, 2.45) is 0 Å². The van der Waals surface area contributed by atoms with Crippen LogP contribution in [-0.2, 0) is 0 Å². The molecule has 20 aromatic carbocycles. The third-order valence-corrected chi connectivity index (χ3v) is 20.3. The second kappa shape index (κ2) is 20.6. The lowest BCUT2D eigenvalue weighted by Crippen LogP contribution is -2.12. The maximum absolute atomic E-state index is 2.55. The number of benzene rings is 20. The molecule has 20 rings (SSSR count). The SMILES string of the molecule is c1ccc(N(c2c3ccccc3c(-c3cc(-c4c5ccccc5cc5ccccc45)cc(-c4c5ccccc5c(N(c5ccccc5)c5ccc6ccc7cccc8ccc5c6c78)c5ccccc45)c3)c3ccccc23)c2ccc3ccc4cccc5ccc2c3c45)cc1. The van der Waals surface area contributed by atoms with Crippen molar-refractivity contribution in [2.45, 2.75) is 0 Å². The third-order valence-electron chi connectivity index (χ3n) is 20.3. The fourth-order valence-corrected chi connectivity index (χ4v) is 16.5. The summed E-state index contributed by atoms with van der Waals surface area (Å²) in [5, 5.41) is 29.4. The topological polar surface area (TPSA) is 6.48 Å². The number of hydrogen-bond acceptors (Lipinski definition) is 2. The number of rotatable bonds is 9. The smallest absolute Gasteiger partial charge is 0.0619 e. The molecule has 0 saturated carbocycles. The Hall–Kier alpha value is -12.4. The Morgan fingerprint density at radius 2 is 0.426 bits per heavy atom. The fourth-order valence-electron chi connectivity index (χ4n) is 16.5. The van der Waals surface area contributed by atoms with Gasteiger partial charge >= 0.3 is 0 Å². The minimum atomic E-state index is 1.10. The van der Waals surface area contributed by atoms with E-state index in [1.54, 1.807) is 0 Å². The van der Waals surface area contributed by atoms with Gasteiger partial charge in [-0.05, 0) is 191 Å². The van der Waals surface area contributed by atoms with Crippen LogP contribution in [0.1, 0.15) is 0 Å². The van der Waals surface area contributed by atoms with E-state index in [1.165, 1.54) is 146 Å². The predicted molar refractivity (Wildman–Crippen MR) is 405 cm³/mol. The van der Waals surface area contributed by atoms with E-state index < -0.39 is 0 Å². The maximum Gasteiger partial charge on any atom is 0.0619 e. The number of nitrogens with zero attached hydrogens (tertiary/aromatic N) is 2. The van der Waals surface area contributed by atoms with E-state index in [4.69, 9.17) is 0 Å². The molecule has 20 aromatic rings. The lowest BCUT2D eigenvalue weighted by molar-refractivity contribution is 1.33. The van der Waals surface area contributed by atoms with Gasteiger partial charge in [0.1, 0.15) is 0 Å². The molecule has 0 amide bonds. The second-order valence-corrected chi connectivity index (χ2v) is 25.3. The molecule has 0 aromatic heterocycles. The summed E-state index contributed by atoms with van der Waals surface area (Å²) in [6.45, 7) is 0. The highest BCUT2D eigenvalue weighted by atomic mass is 15.2. The largest absolute Gasteiger partial charge is 0.309 e. The average molecular weight is 1190 g/mol. The van der Waals surface area contributed by atoms with E-state index in [9.17, 15) is 0 Å². The van der Waals surface area contributed by atoms with E-state index in [0.29, 0.717) is 0 Å². The molecular weight excluding hydrogens is 1130 g/mol. The highest BCUT2D eigenvalue weighted by Crippen LogP contribution is 2.55. The van der Waals surface area contributed by atoms with E-state index in [1.807, 2.05) is 0 Å². The highest BCUT2D eigenvalue weighted by Gasteiger charge is 2.29. The Labute approximate surface area is 542 Å². The van der Waals surface area contributed by atoms with Crippen LogP contribution < -0.4 is 9.80 Å². The summed E-state index contributed by atoms with van der Waals surface area (Å²) < 4.78 is 0. The van der Waals surface area contributed by atoms with Gasteiger partial charge in [0.15, 0.2) is 0 Å². The summed E-state index contributed by atoms with van der Waals surface area (Å²) in [7, 11) is 0. The maximum atomic E-state index is 2.55. The zero-order valence-electron chi connectivity index (χ0n) is 51.2. The first-order valence-electron chi connectivity index (χ1n) is 32.6. The van der Waals surface area contributed by atoms with E-state index in [2.05, 4.69) is 350 Å². The number of fused-ring (bicyclic) bond motifs is 6. The van der Waals surface area contributed by atoms with Gasteiger partial charge in [-0.2, -0.15) is 0 Å². The Bertz CT molecular complexity index is 5950. The standard InChI is InChI=1S/C92H56N2/c1-3-27-68(28-4-1)93(82-51-47-61-43-41-57-23-19-25-59-45-49-80(82)89(61)84(57)59)91-76-37-15-11-33-72(76)87(73-34-12-16-38-77(73)91)66-54-65(86-70-31-9-7-21-63(70)53-64-22-8-10-32-71(64)86)55-67(56-66)88-74-35-13-17-39-78(74)92(79-40-18-14-36-75(79)88)94(69-29-5-2-6-30-69)83-52-48-62-44-42-58-24-20-26-60-46-50-81(83)90(62)85(58)60/h1-56H. The molecule has 434 valence electrons. The molecule has 0 aliphatic rings. The van der Waals surface area contributed by atoms with Crippen molar-refractivity contribution in [1.82, 2.24) is 0 Å². The first-order chi connectivity index (χ1) is 46.7. The van der Waals surface area contributed by atoms with Crippen LogP contribution >= 0.6 is 0 Å². The van der Waals surface area contributed by atoms with Crippen molar-refractivity contribution in [1.29, 1.82) is 0 Å². The molecule has 94 heavy (non-hydrogen) atoms. The number of hydrogen-bond donors (Lipinski definition) is 0. The quantitative estimate of drug-likeness (QED) is 0.105. The van der Waals surface area contributed by atoms with Crippen molar-refractivity contribution in [2.75, 3.05) is 9.80 Å². The fraction of sp³-hybridized carbons (Fsp3) is 0. The molecule has 2 nitrogen and oxygen atoms in total. The van der Waals surface area contributed by atoms with E-state index >= 15 is 0 Å². The van der Waals surface area contributed by atoms with Crippen LogP contribution in [-0.4, -0.2) is 0 Å². The number of anilines is 6. The molecule has 0 N–H and O–H groups in total. The zero-order valence-corrected chi connectivity index (χ0v) is 51.2. The van der Waals surface area contributed by atoms with Gasteiger partial charge in [0.2, 0.25) is 0 Å². The van der Waals surface area contributed by atoms with Crippen molar-refractivity contribution < 1.29 is 0 Å². The van der Waals surface area contributed by atoms with Gasteiger partial charge in [0, 0.05) is 43.7 Å².